The Labute approximate surface area is 176 Å². The van der Waals surface area contributed by atoms with Gasteiger partial charge in [-0.2, -0.15) is 0 Å². The molecule has 1 aliphatic carbocycles. The van der Waals surface area contributed by atoms with Crippen LogP contribution in [-0.4, -0.2) is 12.4 Å². The van der Waals surface area contributed by atoms with E-state index in [1.54, 1.807) is 6.08 Å². The average Bonchev–Trinajstić information content (AvgIpc) is 3.56. The van der Waals surface area contributed by atoms with E-state index in [1.807, 2.05) is 25.3 Å². The third-order valence-electron chi connectivity index (χ3n) is 5.60. The van der Waals surface area contributed by atoms with Crippen molar-refractivity contribution in [1.82, 2.24) is 0 Å². The fourth-order valence-electron chi connectivity index (χ4n) is 3.59. The molecule has 2 heteroatoms. The number of hydrogen-bond donors (Lipinski definition) is 1. The second-order valence-electron chi connectivity index (χ2n) is 7.62. The predicted molar refractivity (Wildman–Crippen MR) is 129 cm³/mol. The van der Waals surface area contributed by atoms with Crippen molar-refractivity contribution in [2.75, 3.05) is 0 Å². The molecule has 1 aliphatic rings. The first-order chi connectivity index (χ1) is 14.0. The summed E-state index contributed by atoms with van der Waals surface area (Å²) in [5, 5.41) is 7.12. The fraction of sp³-hybridized carbons (Fsp3) is 0.370. The molecule has 1 fully saturated rings. The molecule has 2 rings (SSSR count). The number of rotatable bonds is 10. The molecule has 0 amide bonds. The molecule has 0 heterocycles. The van der Waals surface area contributed by atoms with Crippen LogP contribution in [-0.2, 0) is 13.0 Å². The maximum absolute atomic E-state index is 7.12. The van der Waals surface area contributed by atoms with Crippen LogP contribution >= 0.6 is 0 Å². The van der Waals surface area contributed by atoms with E-state index in [0.717, 1.165) is 18.8 Å². The van der Waals surface area contributed by atoms with E-state index in [4.69, 9.17) is 10.4 Å². The van der Waals surface area contributed by atoms with Gasteiger partial charge in [0.2, 0.25) is 0 Å². The van der Waals surface area contributed by atoms with Gasteiger partial charge < -0.3 is 5.41 Å². The summed E-state index contributed by atoms with van der Waals surface area (Å²) in [6.07, 6.45) is 17.8. The van der Waals surface area contributed by atoms with Gasteiger partial charge in [0.1, 0.15) is 0 Å². The third kappa shape index (κ3) is 6.41. The molecule has 0 aromatic heterocycles. The smallest absolute Gasteiger partial charge is 0.0641 e. The molecule has 0 spiro atoms. The van der Waals surface area contributed by atoms with Gasteiger partial charge in [0.25, 0.3) is 0 Å². The lowest BCUT2D eigenvalue weighted by molar-refractivity contribution is 0.980. The number of hydrogen-bond acceptors (Lipinski definition) is 2. The van der Waals surface area contributed by atoms with E-state index < -0.39 is 0 Å². The first-order valence-electron chi connectivity index (χ1n) is 10.6. The fourth-order valence-corrected chi connectivity index (χ4v) is 3.59. The SMILES string of the molecule is C=C=Cc1cc(CC)c(C/N=C\CC(/C=C\C=N)=C/C)c(C)c1/C=C(\C)C1CC1. The van der Waals surface area contributed by atoms with Crippen LogP contribution in [0, 0.1) is 18.3 Å². The normalized spacial score (nSPS) is 15.2. The van der Waals surface area contributed by atoms with Crippen LogP contribution in [0.25, 0.3) is 12.2 Å². The Morgan fingerprint density at radius 1 is 1.38 bits per heavy atom. The summed E-state index contributed by atoms with van der Waals surface area (Å²) >= 11 is 0. The Kier molecular flexibility index (Phi) is 8.83. The van der Waals surface area contributed by atoms with E-state index in [0.29, 0.717) is 6.54 Å². The van der Waals surface area contributed by atoms with Crippen molar-refractivity contribution in [3.63, 3.8) is 0 Å². The van der Waals surface area contributed by atoms with Crippen molar-refractivity contribution < 1.29 is 0 Å². The Morgan fingerprint density at radius 3 is 2.72 bits per heavy atom. The number of nitrogens with one attached hydrogen (secondary N) is 1. The van der Waals surface area contributed by atoms with Gasteiger partial charge in [-0.1, -0.05) is 43.4 Å². The number of aryl methyl sites for hydroxylation is 1. The van der Waals surface area contributed by atoms with Crippen LogP contribution in [0.3, 0.4) is 0 Å². The number of nitrogens with zero attached hydrogens (tertiary/aromatic N) is 1. The van der Waals surface area contributed by atoms with E-state index in [-0.39, 0.29) is 0 Å². The molecule has 2 nitrogen and oxygen atoms in total. The second-order valence-corrected chi connectivity index (χ2v) is 7.62. The van der Waals surface area contributed by atoms with Gasteiger partial charge in [0.05, 0.1) is 6.54 Å². The van der Waals surface area contributed by atoms with Gasteiger partial charge in [-0.05, 0) is 91.5 Å². The lowest BCUT2D eigenvalue weighted by Gasteiger charge is -2.16. The summed E-state index contributed by atoms with van der Waals surface area (Å²) in [5.41, 5.74) is 12.1. The highest BCUT2D eigenvalue weighted by Crippen LogP contribution is 2.38. The van der Waals surface area contributed by atoms with Crippen molar-refractivity contribution in [1.29, 1.82) is 5.41 Å². The molecule has 0 bridgehead atoms. The van der Waals surface area contributed by atoms with Crippen LogP contribution in [0.5, 0.6) is 0 Å². The molecule has 0 saturated heterocycles. The number of benzene rings is 1. The summed E-state index contributed by atoms with van der Waals surface area (Å²) in [4.78, 5) is 4.73. The third-order valence-corrected chi connectivity index (χ3v) is 5.60. The maximum Gasteiger partial charge on any atom is 0.0641 e. The minimum absolute atomic E-state index is 0.696. The molecule has 0 radical (unpaired) electrons. The van der Waals surface area contributed by atoms with E-state index in [2.05, 4.69) is 51.3 Å². The molecule has 29 heavy (non-hydrogen) atoms. The topological polar surface area (TPSA) is 36.2 Å². The van der Waals surface area contributed by atoms with Gasteiger partial charge in [-0.25, -0.2) is 0 Å². The zero-order valence-corrected chi connectivity index (χ0v) is 18.4. The predicted octanol–water partition coefficient (Wildman–Crippen LogP) is 7.28. The number of aliphatic imine (C=N–C) groups is 1. The summed E-state index contributed by atoms with van der Waals surface area (Å²) < 4.78 is 0. The Bertz CT molecular complexity index is 899. The van der Waals surface area contributed by atoms with Crippen LogP contribution in [0.2, 0.25) is 0 Å². The molecule has 152 valence electrons. The van der Waals surface area contributed by atoms with Crippen molar-refractivity contribution >= 4 is 24.6 Å². The molecule has 1 aromatic rings. The van der Waals surface area contributed by atoms with Gasteiger partial charge in [-0.15, -0.1) is 5.73 Å². The highest BCUT2D eigenvalue weighted by molar-refractivity contribution is 5.72. The second kappa shape index (κ2) is 11.3. The first kappa shape index (κ1) is 22.6. The highest BCUT2D eigenvalue weighted by atomic mass is 14.7. The lowest BCUT2D eigenvalue weighted by atomic mass is 9.89. The Morgan fingerprint density at radius 2 is 2.14 bits per heavy atom. The van der Waals surface area contributed by atoms with E-state index in [1.165, 1.54) is 58.0 Å². The first-order valence-corrected chi connectivity index (χ1v) is 10.6. The molecule has 0 aliphatic heterocycles. The molecular weight excluding hydrogens is 352 g/mol. The minimum Gasteiger partial charge on any atom is -0.309 e. The molecule has 1 aromatic carbocycles. The monoisotopic (exact) mass is 386 g/mol. The van der Waals surface area contributed by atoms with Crippen molar-refractivity contribution in [3.8, 4) is 0 Å². The Hall–Kier alpha value is -2.70. The van der Waals surface area contributed by atoms with Crippen molar-refractivity contribution in [2.45, 2.75) is 59.9 Å². The van der Waals surface area contributed by atoms with E-state index >= 15 is 0 Å². The number of allylic oxidation sites excluding steroid dienone is 5. The summed E-state index contributed by atoms with van der Waals surface area (Å²) in [5.74, 6) is 0.760. The van der Waals surface area contributed by atoms with Crippen LogP contribution in [0.1, 0.15) is 67.9 Å². The zero-order valence-electron chi connectivity index (χ0n) is 18.4. The van der Waals surface area contributed by atoms with Gasteiger partial charge in [0.15, 0.2) is 0 Å². The molecule has 0 unspecified atom stereocenters. The molecule has 1 saturated carbocycles. The largest absolute Gasteiger partial charge is 0.309 e. The molecule has 1 N–H and O–H groups in total. The van der Waals surface area contributed by atoms with E-state index in [9.17, 15) is 0 Å². The summed E-state index contributed by atoms with van der Waals surface area (Å²) in [7, 11) is 0. The quantitative estimate of drug-likeness (QED) is 0.249. The standard InChI is InChI=1S/C27H34N2/c1-6-10-25-18-23(8-3)27(19-29-16-14-22(7-2)11-9-15-28)21(5)26(25)17-20(4)24-12-13-24/h7,9-11,15-18,24,28H,1,8,12-14,19H2,2-5H3/b11-9-,20-17+,22-7+,28-15?,29-16-. The summed E-state index contributed by atoms with van der Waals surface area (Å²) in [6, 6.07) is 2.28. The Balaban J connectivity index is 2.34. The van der Waals surface area contributed by atoms with Crippen LogP contribution in [0.15, 0.2) is 52.7 Å². The van der Waals surface area contributed by atoms with Crippen LogP contribution < -0.4 is 0 Å². The van der Waals surface area contributed by atoms with Gasteiger partial charge in [-0.3, -0.25) is 4.99 Å². The lowest BCUT2D eigenvalue weighted by Crippen LogP contribution is -2.01. The van der Waals surface area contributed by atoms with Gasteiger partial charge >= 0.3 is 0 Å². The molecule has 0 atom stereocenters. The van der Waals surface area contributed by atoms with Crippen molar-refractivity contribution in [3.05, 3.63) is 75.6 Å². The zero-order chi connectivity index (χ0) is 21.2. The van der Waals surface area contributed by atoms with Crippen LogP contribution in [0.4, 0.5) is 0 Å². The molecular formula is C27H34N2. The average molecular weight is 387 g/mol. The summed E-state index contributed by atoms with van der Waals surface area (Å²) in [6.45, 7) is 13.2. The minimum atomic E-state index is 0.696. The highest BCUT2D eigenvalue weighted by Gasteiger charge is 2.23. The maximum atomic E-state index is 7.12. The van der Waals surface area contributed by atoms with Crippen molar-refractivity contribution in [2.24, 2.45) is 10.9 Å². The van der Waals surface area contributed by atoms with Gasteiger partial charge in [0, 0.05) is 18.9 Å².